The minimum absolute atomic E-state index is 0.0511. The third kappa shape index (κ3) is 2.75. The van der Waals surface area contributed by atoms with Crippen molar-refractivity contribution in [2.75, 3.05) is 25.2 Å². The molecule has 1 unspecified atom stereocenters. The highest BCUT2D eigenvalue weighted by atomic mass is 32.2. The van der Waals surface area contributed by atoms with Crippen molar-refractivity contribution >= 4 is 22.1 Å². The van der Waals surface area contributed by atoms with Crippen LogP contribution in [-0.2, 0) is 21.1 Å². The quantitative estimate of drug-likeness (QED) is 0.810. The highest BCUT2D eigenvalue weighted by molar-refractivity contribution is 7.91. The maximum absolute atomic E-state index is 11.4. The highest BCUT2D eigenvalue weighted by Crippen LogP contribution is 2.27. The summed E-state index contributed by atoms with van der Waals surface area (Å²) in [6.07, 6.45) is 0.620. The van der Waals surface area contributed by atoms with Gasteiger partial charge in [-0.2, -0.15) is 5.10 Å². The Labute approximate surface area is 105 Å². The summed E-state index contributed by atoms with van der Waals surface area (Å²) >= 11 is 5.12. The molecular weight excluding hydrogens is 262 g/mol. The monoisotopic (exact) mass is 277 g/mol. The van der Waals surface area contributed by atoms with Crippen molar-refractivity contribution in [2.24, 2.45) is 0 Å². The van der Waals surface area contributed by atoms with Gasteiger partial charge in [-0.1, -0.05) is 0 Å². The van der Waals surface area contributed by atoms with E-state index in [0.29, 0.717) is 24.3 Å². The van der Waals surface area contributed by atoms with Gasteiger partial charge in [-0.3, -0.25) is 5.10 Å². The number of hydrogen-bond acceptors (Lipinski definition) is 5. The first kappa shape index (κ1) is 12.7. The van der Waals surface area contributed by atoms with E-state index in [-0.39, 0.29) is 17.4 Å². The van der Waals surface area contributed by atoms with Crippen molar-refractivity contribution < 1.29 is 13.2 Å². The number of sulfone groups is 1. The average Bonchev–Trinajstić information content (AvgIpc) is 2.79. The molecule has 0 aliphatic carbocycles. The van der Waals surface area contributed by atoms with Crippen LogP contribution in [0.15, 0.2) is 0 Å². The van der Waals surface area contributed by atoms with Gasteiger partial charge in [0.1, 0.15) is 5.82 Å². The van der Waals surface area contributed by atoms with E-state index < -0.39 is 9.84 Å². The molecule has 1 fully saturated rings. The summed E-state index contributed by atoms with van der Waals surface area (Å²) in [5, 5.41) is 6.86. The van der Waals surface area contributed by atoms with E-state index in [1.54, 1.807) is 7.11 Å². The van der Waals surface area contributed by atoms with Crippen LogP contribution in [0, 0.1) is 4.77 Å². The molecule has 0 saturated carbocycles. The Morgan fingerprint density at radius 1 is 1.65 bits per heavy atom. The Hall–Kier alpha value is -0.730. The SMILES string of the molecule is COCCn1c(C2CCS(=O)(=O)C2)n[nH]c1=S. The van der Waals surface area contributed by atoms with Crippen LogP contribution in [0.4, 0.5) is 0 Å². The minimum atomic E-state index is -2.90. The maximum Gasteiger partial charge on any atom is 0.195 e. The molecule has 0 radical (unpaired) electrons. The molecule has 1 aliphatic heterocycles. The van der Waals surface area contributed by atoms with Gasteiger partial charge in [0.05, 0.1) is 18.1 Å². The first-order valence-corrected chi connectivity index (χ1v) is 7.61. The third-order valence-electron chi connectivity index (χ3n) is 2.90. The van der Waals surface area contributed by atoms with E-state index in [0.717, 1.165) is 5.82 Å². The predicted molar refractivity (Wildman–Crippen MR) is 65.3 cm³/mol. The third-order valence-corrected chi connectivity index (χ3v) is 4.98. The molecule has 1 atom stereocenters. The molecule has 17 heavy (non-hydrogen) atoms. The average molecular weight is 277 g/mol. The van der Waals surface area contributed by atoms with Gasteiger partial charge in [-0.05, 0) is 18.6 Å². The van der Waals surface area contributed by atoms with E-state index in [9.17, 15) is 8.42 Å². The molecule has 1 saturated heterocycles. The van der Waals surface area contributed by atoms with Crippen molar-refractivity contribution in [3.8, 4) is 0 Å². The van der Waals surface area contributed by atoms with Crippen molar-refractivity contribution in [3.63, 3.8) is 0 Å². The summed E-state index contributed by atoms with van der Waals surface area (Å²) in [6, 6.07) is 0. The molecule has 0 amide bonds. The molecule has 6 nitrogen and oxygen atoms in total. The zero-order chi connectivity index (χ0) is 12.5. The predicted octanol–water partition coefficient (Wildman–Crippen LogP) is 0.489. The zero-order valence-electron chi connectivity index (χ0n) is 9.55. The zero-order valence-corrected chi connectivity index (χ0v) is 11.2. The van der Waals surface area contributed by atoms with Crippen molar-refractivity contribution in [2.45, 2.75) is 18.9 Å². The Morgan fingerprint density at radius 3 is 3.00 bits per heavy atom. The van der Waals surface area contributed by atoms with Crippen LogP contribution in [0.1, 0.15) is 18.2 Å². The standard InChI is InChI=1S/C9H15N3O3S2/c1-15-4-3-12-8(10-11-9(12)16)7-2-5-17(13,14)6-7/h7H,2-6H2,1H3,(H,11,16). The van der Waals surface area contributed by atoms with E-state index in [2.05, 4.69) is 10.2 Å². The van der Waals surface area contributed by atoms with Crippen LogP contribution in [0.3, 0.4) is 0 Å². The van der Waals surface area contributed by atoms with E-state index in [4.69, 9.17) is 17.0 Å². The maximum atomic E-state index is 11.4. The summed E-state index contributed by atoms with van der Waals surface area (Å²) < 4.78 is 30.2. The smallest absolute Gasteiger partial charge is 0.195 e. The lowest BCUT2D eigenvalue weighted by Crippen LogP contribution is -2.13. The summed E-state index contributed by atoms with van der Waals surface area (Å²) in [4.78, 5) is 0. The molecule has 8 heteroatoms. The molecular formula is C9H15N3O3S2. The minimum Gasteiger partial charge on any atom is -0.383 e. The van der Waals surface area contributed by atoms with Crippen LogP contribution in [0.25, 0.3) is 0 Å². The second-order valence-electron chi connectivity index (χ2n) is 4.13. The van der Waals surface area contributed by atoms with E-state index in [1.165, 1.54) is 0 Å². The van der Waals surface area contributed by atoms with Crippen LogP contribution in [0.2, 0.25) is 0 Å². The van der Waals surface area contributed by atoms with Crippen molar-refractivity contribution in [1.82, 2.24) is 14.8 Å². The molecule has 1 aromatic heterocycles. The molecule has 0 spiro atoms. The van der Waals surface area contributed by atoms with Gasteiger partial charge in [0.15, 0.2) is 14.6 Å². The molecule has 96 valence electrons. The number of aromatic amines is 1. The largest absolute Gasteiger partial charge is 0.383 e. The van der Waals surface area contributed by atoms with Crippen LogP contribution in [0.5, 0.6) is 0 Å². The summed E-state index contributed by atoms with van der Waals surface area (Å²) in [5.74, 6) is 1.08. The lowest BCUT2D eigenvalue weighted by Gasteiger charge is -2.09. The molecule has 0 bridgehead atoms. The molecule has 1 aromatic rings. The molecule has 2 heterocycles. The van der Waals surface area contributed by atoms with Gasteiger partial charge >= 0.3 is 0 Å². The van der Waals surface area contributed by atoms with Gasteiger partial charge in [0.2, 0.25) is 0 Å². The van der Waals surface area contributed by atoms with Crippen LogP contribution >= 0.6 is 12.2 Å². The topological polar surface area (TPSA) is 77.0 Å². The van der Waals surface area contributed by atoms with Gasteiger partial charge in [0, 0.05) is 19.6 Å². The van der Waals surface area contributed by atoms with Gasteiger partial charge in [-0.25, -0.2) is 8.42 Å². The summed E-state index contributed by atoms with van der Waals surface area (Å²) in [5.41, 5.74) is 0. The fraction of sp³-hybridized carbons (Fsp3) is 0.778. The fourth-order valence-corrected chi connectivity index (χ4v) is 4.01. The Bertz CT molecular complexity index is 546. The number of hydrogen-bond donors (Lipinski definition) is 1. The lowest BCUT2D eigenvalue weighted by molar-refractivity contribution is 0.185. The van der Waals surface area contributed by atoms with Gasteiger partial charge < -0.3 is 9.30 Å². The number of nitrogens with one attached hydrogen (secondary N) is 1. The number of H-pyrrole nitrogens is 1. The van der Waals surface area contributed by atoms with Crippen LogP contribution in [-0.4, -0.2) is 48.4 Å². The number of methoxy groups -OCH3 is 1. The normalized spacial score (nSPS) is 23.0. The Balaban J connectivity index is 2.24. The van der Waals surface area contributed by atoms with Gasteiger partial charge in [-0.15, -0.1) is 0 Å². The number of ether oxygens (including phenoxy) is 1. The second kappa shape index (κ2) is 4.87. The van der Waals surface area contributed by atoms with Crippen molar-refractivity contribution in [1.29, 1.82) is 0 Å². The highest BCUT2D eigenvalue weighted by Gasteiger charge is 2.32. The first-order valence-electron chi connectivity index (χ1n) is 5.38. The van der Waals surface area contributed by atoms with Gasteiger partial charge in [0.25, 0.3) is 0 Å². The molecule has 1 aliphatic rings. The number of nitrogens with zero attached hydrogens (tertiary/aromatic N) is 2. The van der Waals surface area contributed by atoms with E-state index in [1.807, 2.05) is 4.57 Å². The van der Waals surface area contributed by atoms with Crippen LogP contribution < -0.4 is 0 Å². The number of rotatable bonds is 4. The Morgan fingerprint density at radius 2 is 2.41 bits per heavy atom. The van der Waals surface area contributed by atoms with Crippen molar-refractivity contribution in [3.05, 3.63) is 10.6 Å². The molecule has 0 aromatic carbocycles. The molecule has 1 N–H and O–H groups in total. The molecule has 2 rings (SSSR count). The van der Waals surface area contributed by atoms with E-state index >= 15 is 0 Å². The fourth-order valence-electron chi connectivity index (χ4n) is 2.04. The second-order valence-corrected chi connectivity index (χ2v) is 6.75. The number of aromatic nitrogens is 3. The summed E-state index contributed by atoms with van der Waals surface area (Å²) in [7, 11) is -1.29. The summed E-state index contributed by atoms with van der Waals surface area (Å²) in [6.45, 7) is 1.12. The Kier molecular flexibility index (Phi) is 3.64. The lowest BCUT2D eigenvalue weighted by atomic mass is 10.1. The first-order chi connectivity index (χ1) is 8.03.